The Morgan fingerprint density at radius 2 is 2.00 bits per heavy atom. The lowest BCUT2D eigenvalue weighted by atomic mass is 10.2. The van der Waals surface area contributed by atoms with E-state index in [1.807, 2.05) is 0 Å². The fourth-order valence-electron chi connectivity index (χ4n) is 0.841. The van der Waals surface area contributed by atoms with Gasteiger partial charge in [-0.15, -0.1) is 0 Å². The number of ether oxygens (including phenoxy) is 1. The Bertz CT molecular complexity index is 352. The zero-order valence-corrected chi connectivity index (χ0v) is 9.70. The molecular weight excluding hydrogens is 279 g/mol. The molecule has 0 saturated carbocycles. The van der Waals surface area contributed by atoms with Crippen LogP contribution in [-0.2, 0) is 0 Å². The second-order valence-corrected chi connectivity index (χ2v) is 3.69. The molecule has 70 valence electrons. The molecule has 0 saturated heterocycles. The third-order valence-electron chi connectivity index (χ3n) is 1.48. The third kappa shape index (κ3) is 2.16. The van der Waals surface area contributed by atoms with Crippen molar-refractivity contribution in [2.24, 2.45) is 0 Å². The fraction of sp³-hybridized carbons (Fsp3) is 0.125. The van der Waals surface area contributed by atoms with Crippen LogP contribution < -0.4 is 4.74 Å². The Balaban J connectivity index is 3.31. The van der Waals surface area contributed by atoms with Gasteiger partial charge in [0.2, 0.25) is 4.69 Å². The highest BCUT2D eigenvalue weighted by Gasteiger charge is 2.13. The molecule has 0 atom stereocenters. The summed E-state index contributed by atoms with van der Waals surface area (Å²) in [5.74, 6) is 0.448. The summed E-state index contributed by atoms with van der Waals surface area (Å²) in [7, 11) is 1.48. The van der Waals surface area contributed by atoms with Gasteiger partial charge in [-0.2, -0.15) is 0 Å². The van der Waals surface area contributed by atoms with Gasteiger partial charge in [-0.3, -0.25) is 4.79 Å². The van der Waals surface area contributed by atoms with Crippen molar-refractivity contribution in [3.8, 4) is 5.75 Å². The first-order valence-electron chi connectivity index (χ1n) is 3.29. The van der Waals surface area contributed by atoms with Crippen LogP contribution in [0.5, 0.6) is 5.75 Å². The summed E-state index contributed by atoms with van der Waals surface area (Å²) < 4.78 is 4.61. The number of hydrogen-bond donors (Lipinski definition) is 0. The van der Waals surface area contributed by atoms with Gasteiger partial charge < -0.3 is 4.74 Å². The molecule has 0 radical (unpaired) electrons. The number of rotatable bonds is 2. The van der Waals surface area contributed by atoms with E-state index in [2.05, 4.69) is 15.9 Å². The van der Waals surface area contributed by atoms with E-state index < -0.39 is 0 Å². The minimum absolute atomic E-state index is 0.197. The van der Waals surface area contributed by atoms with Crippen molar-refractivity contribution < 1.29 is 9.53 Å². The quantitative estimate of drug-likeness (QED) is 0.776. The third-order valence-corrected chi connectivity index (χ3v) is 2.77. The summed E-state index contributed by atoms with van der Waals surface area (Å²) in [6.45, 7) is 0. The molecule has 0 unspecified atom stereocenters. The minimum atomic E-state index is -0.304. The molecule has 0 spiro atoms. The molecule has 1 aromatic rings. The van der Waals surface area contributed by atoms with Gasteiger partial charge in [0.05, 0.1) is 12.1 Å². The van der Waals surface area contributed by atoms with Crippen molar-refractivity contribution in [3.63, 3.8) is 0 Å². The molecule has 0 amide bonds. The van der Waals surface area contributed by atoms with Crippen LogP contribution in [0.15, 0.2) is 12.1 Å². The Kier molecular flexibility index (Phi) is 3.59. The van der Waals surface area contributed by atoms with Crippen LogP contribution >= 0.6 is 39.1 Å². The molecule has 0 bridgehead atoms. The highest BCUT2D eigenvalue weighted by atomic mass is 79.9. The lowest BCUT2D eigenvalue weighted by Gasteiger charge is -2.06. The maximum absolute atomic E-state index is 11.0. The Morgan fingerprint density at radius 1 is 1.38 bits per heavy atom. The second-order valence-electron chi connectivity index (χ2n) is 2.22. The molecule has 0 aromatic heterocycles. The maximum atomic E-state index is 11.0. The predicted octanol–water partition coefficient (Wildman–Crippen LogP) is 3.54. The highest BCUT2D eigenvalue weighted by molar-refractivity contribution is 9.18. The first kappa shape index (κ1) is 10.8. The largest absolute Gasteiger partial charge is 0.495 e. The van der Waals surface area contributed by atoms with Crippen LogP contribution in [0.4, 0.5) is 0 Å². The first-order valence-corrected chi connectivity index (χ1v) is 4.84. The van der Waals surface area contributed by atoms with Gasteiger partial charge in [0.15, 0.2) is 0 Å². The molecule has 5 heteroatoms. The van der Waals surface area contributed by atoms with Crippen molar-refractivity contribution in [2.45, 2.75) is 0 Å². The summed E-state index contributed by atoms with van der Waals surface area (Å²) in [5.41, 5.74) is 0.326. The van der Waals surface area contributed by atoms with Crippen LogP contribution in [0.1, 0.15) is 10.4 Å². The summed E-state index contributed by atoms with van der Waals surface area (Å²) in [5, 5.41) is 0.442. The Labute approximate surface area is 93.9 Å². The highest BCUT2D eigenvalue weighted by Crippen LogP contribution is 2.35. The number of halogens is 3. The van der Waals surface area contributed by atoms with Gasteiger partial charge >= 0.3 is 0 Å². The average Bonchev–Trinajstić information content (AvgIpc) is 2.09. The molecule has 0 aliphatic heterocycles. The van der Waals surface area contributed by atoms with Crippen LogP contribution in [0, 0.1) is 0 Å². The average molecular weight is 284 g/mol. The van der Waals surface area contributed by atoms with Crippen LogP contribution in [0.25, 0.3) is 0 Å². The molecule has 0 aliphatic rings. The van der Waals surface area contributed by atoms with E-state index in [-0.39, 0.29) is 14.7 Å². The van der Waals surface area contributed by atoms with Gasteiger partial charge in [-0.25, -0.2) is 0 Å². The maximum Gasteiger partial charge on any atom is 0.229 e. The van der Waals surface area contributed by atoms with E-state index in [1.54, 1.807) is 12.1 Å². The Morgan fingerprint density at radius 3 is 2.46 bits per heavy atom. The molecule has 0 N–H and O–H groups in total. The lowest BCUT2D eigenvalue weighted by molar-refractivity contribution is 0.109. The van der Waals surface area contributed by atoms with E-state index in [0.29, 0.717) is 11.3 Å². The molecule has 1 rings (SSSR count). The molecular formula is C8H5BrCl2O2. The van der Waals surface area contributed by atoms with Gasteiger partial charge in [-0.1, -0.05) is 23.2 Å². The SMILES string of the molecule is COc1ccc(C(=O)Br)c(Cl)c1Cl. The summed E-state index contributed by atoms with van der Waals surface area (Å²) in [4.78, 5) is 11.0. The van der Waals surface area contributed by atoms with Crippen molar-refractivity contribution in [2.75, 3.05) is 7.11 Å². The summed E-state index contributed by atoms with van der Waals surface area (Å²) >= 11 is 14.4. The predicted molar refractivity (Wildman–Crippen MR) is 56.3 cm³/mol. The molecule has 0 aliphatic carbocycles. The van der Waals surface area contributed by atoms with Gasteiger partial charge in [-0.05, 0) is 28.1 Å². The van der Waals surface area contributed by atoms with E-state index in [4.69, 9.17) is 27.9 Å². The van der Waals surface area contributed by atoms with E-state index in [1.165, 1.54) is 7.11 Å². The van der Waals surface area contributed by atoms with E-state index in [0.717, 1.165) is 0 Å². The monoisotopic (exact) mass is 282 g/mol. The van der Waals surface area contributed by atoms with Crippen LogP contribution in [-0.4, -0.2) is 11.8 Å². The van der Waals surface area contributed by atoms with E-state index in [9.17, 15) is 4.79 Å². The van der Waals surface area contributed by atoms with Gasteiger partial charge in [0, 0.05) is 5.56 Å². The van der Waals surface area contributed by atoms with Crippen LogP contribution in [0.2, 0.25) is 10.0 Å². The zero-order valence-electron chi connectivity index (χ0n) is 6.61. The summed E-state index contributed by atoms with van der Waals surface area (Å²) in [6, 6.07) is 3.13. The molecule has 0 heterocycles. The molecule has 2 nitrogen and oxygen atoms in total. The smallest absolute Gasteiger partial charge is 0.229 e. The zero-order chi connectivity index (χ0) is 10.0. The lowest BCUT2D eigenvalue weighted by Crippen LogP contribution is -1.92. The number of methoxy groups -OCH3 is 1. The standard InChI is InChI=1S/C8H5BrCl2O2/c1-13-5-3-2-4(8(9)12)6(10)7(5)11/h2-3H,1H3. The van der Waals surface area contributed by atoms with Crippen molar-refractivity contribution in [3.05, 3.63) is 27.7 Å². The Hall–Kier alpha value is -0.250. The van der Waals surface area contributed by atoms with Crippen molar-refractivity contribution in [1.82, 2.24) is 0 Å². The number of carbonyl (C=O) groups is 1. The first-order chi connectivity index (χ1) is 6.07. The molecule has 0 fully saturated rings. The van der Waals surface area contributed by atoms with Crippen molar-refractivity contribution >= 4 is 43.8 Å². The fourth-order valence-corrected chi connectivity index (χ4v) is 1.77. The second kappa shape index (κ2) is 4.31. The number of benzene rings is 1. The normalized spacial score (nSPS) is 9.85. The van der Waals surface area contributed by atoms with Crippen molar-refractivity contribution in [1.29, 1.82) is 0 Å². The molecule has 13 heavy (non-hydrogen) atoms. The topological polar surface area (TPSA) is 26.3 Å². The van der Waals surface area contributed by atoms with E-state index >= 15 is 0 Å². The number of hydrogen-bond acceptors (Lipinski definition) is 2. The summed E-state index contributed by atoms with van der Waals surface area (Å²) in [6.07, 6.45) is 0. The van der Waals surface area contributed by atoms with Gasteiger partial charge in [0.25, 0.3) is 0 Å². The minimum Gasteiger partial charge on any atom is -0.495 e. The molecule has 1 aromatic carbocycles. The van der Waals surface area contributed by atoms with Gasteiger partial charge in [0.1, 0.15) is 10.8 Å². The number of carbonyl (C=O) groups excluding carboxylic acids is 1. The van der Waals surface area contributed by atoms with Crippen LogP contribution in [0.3, 0.4) is 0 Å².